The van der Waals surface area contributed by atoms with Gasteiger partial charge in [-0.1, -0.05) is 41.9 Å². The van der Waals surface area contributed by atoms with Gasteiger partial charge in [0.1, 0.15) is 23.7 Å². The van der Waals surface area contributed by atoms with Crippen LogP contribution in [0.2, 0.25) is 0 Å². The predicted molar refractivity (Wildman–Crippen MR) is 80.2 cm³/mol. The number of esters is 1. The lowest BCUT2D eigenvalue weighted by molar-refractivity contribution is -0.151. The molecule has 0 aromatic heterocycles. The summed E-state index contributed by atoms with van der Waals surface area (Å²) in [6, 6.07) is 8.74. The molecule has 1 amide bonds. The van der Waals surface area contributed by atoms with Crippen LogP contribution in [0.1, 0.15) is 5.56 Å². The van der Waals surface area contributed by atoms with Gasteiger partial charge >= 0.3 is 5.97 Å². The van der Waals surface area contributed by atoms with Gasteiger partial charge in [-0.15, -0.1) is 11.8 Å². The summed E-state index contributed by atoms with van der Waals surface area (Å²) in [5.74, 6) is -0.425. The van der Waals surface area contributed by atoms with Crippen LogP contribution in [-0.2, 0) is 20.9 Å². The van der Waals surface area contributed by atoms with E-state index in [-0.39, 0.29) is 23.6 Å². The molecule has 7 heteroatoms. The molecule has 110 valence electrons. The van der Waals surface area contributed by atoms with E-state index in [2.05, 4.69) is 0 Å². The second kappa shape index (κ2) is 5.71. The van der Waals surface area contributed by atoms with E-state index in [9.17, 15) is 9.59 Å². The number of β-lactam (4-membered cyclic amide) rings is 1. The van der Waals surface area contributed by atoms with E-state index < -0.39 is 12.0 Å². The van der Waals surface area contributed by atoms with Crippen molar-refractivity contribution in [3.05, 3.63) is 46.6 Å². The number of benzene rings is 1. The topological polar surface area (TPSA) is 72.6 Å². The molecule has 2 N–H and O–H groups in total. The molecule has 2 atom stereocenters. The lowest BCUT2D eigenvalue weighted by Crippen LogP contribution is -2.68. The van der Waals surface area contributed by atoms with Crippen molar-refractivity contribution in [2.45, 2.75) is 18.0 Å². The van der Waals surface area contributed by atoms with E-state index in [0.717, 1.165) is 5.56 Å². The Kier molecular flexibility index (Phi) is 3.93. The molecule has 0 spiro atoms. The number of carbonyl (C=O) groups excluding carboxylic acids is 2. The number of amides is 1. The van der Waals surface area contributed by atoms with Crippen LogP contribution in [0.15, 0.2) is 41.1 Å². The first-order chi connectivity index (χ1) is 10.1. The molecular weight excluding hydrogens is 312 g/mol. The van der Waals surface area contributed by atoms with E-state index in [4.69, 9.17) is 22.1 Å². The molecule has 1 unspecified atom stereocenters. The van der Waals surface area contributed by atoms with Gasteiger partial charge in [-0.3, -0.25) is 9.69 Å². The van der Waals surface area contributed by atoms with Crippen molar-refractivity contribution in [3.8, 4) is 0 Å². The monoisotopic (exact) mass is 324 g/mol. The van der Waals surface area contributed by atoms with Crippen LogP contribution in [0.5, 0.6) is 0 Å². The highest BCUT2D eigenvalue weighted by Gasteiger charge is 2.51. The number of nitrogens with two attached hydrogens (primary N) is 1. The van der Waals surface area contributed by atoms with Crippen LogP contribution in [0.25, 0.3) is 0 Å². The summed E-state index contributed by atoms with van der Waals surface area (Å²) in [5.41, 5.74) is 6.72. The first-order valence-corrected chi connectivity index (χ1v) is 7.82. The van der Waals surface area contributed by atoms with E-state index in [1.807, 2.05) is 30.3 Å². The van der Waals surface area contributed by atoms with Gasteiger partial charge in [0.15, 0.2) is 0 Å². The van der Waals surface area contributed by atoms with Crippen molar-refractivity contribution in [3.63, 3.8) is 0 Å². The first-order valence-electron chi connectivity index (χ1n) is 6.39. The summed E-state index contributed by atoms with van der Waals surface area (Å²) >= 11 is 7.54. The summed E-state index contributed by atoms with van der Waals surface area (Å²) in [7, 11) is 0. The van der Waals surface area contributed by atoms with Crippen LogP contribution in [-0.4, -0.2) is 33.9 Å². The Morgan fingerprint density at radius 2 is 2.14 bits per heavy atom. The van der Waals surface area contributed by atoms with Crippen molar-refractivity contribution < 1.29 is 14.3 Å². The van der Waals surface area contributed by atoms with E-state index >= 15 is 0 Å². The van der Waals surface area contributed by atoms with Gasteiger partial charge in [0.25, 0.3) is 0 Å². The first kappa shape index (κ1) is 14.4. The van der Waals surface area contributed by atoms with Gasteiger partial charge in [-0.05, 0) is 5.56 Å². The number of thioether (sulfide) groups is 1. The van der Waals surface area contributed by atoms with Gasteiger partial charge in [0.05, 0.1) is 5.03 Å². The van der Waals surface area contributed by atoms with Gasteiger partial charge in [-0.2, -0.15) is 0 Å². The molecule has 0 aliphatic carbocycles. The minimum atomic E-state index is -0.589. The summed E-state index contributed by atoms with van der Waals surface area (Å²) in [6.07, 6.45) is 0. The second-order valence-electron chi connectivity index (χ2n) is 4.75. The van der Waals surface area contributed by atoms with Crippen molar-refractivity contribution in [1.29, 1.82) is 0 Å². The Morgan fingerprint density at radius 3 is 2.86 bits per heavy atom. The Bertz CT molecular complexity index is 620. The maximum Gasteiger partial charge on any atom is 0.356 e. The molecule has 1 aromatic rings. The average molecular weight is 325 g/mol. The molecular formula is C14H13ClN2O3S. The summed E-state index contributed by atoms with van der Waals surface area (Å²) in [5, 5.41) is 0.105. The highest BCUT2D eigenvalue weighted by atomic mass is 35.5. The number of halogens is 1. The maximum absolute atomic E-state index is 12.2. The largest absolute Gasteiger partial charge is 0.456 e. The Labute approximate surface area is 131 Å². The zero-order chi connectivity index (χ0) is 15.0. The lowest BCUT2D eigenvalue weighted by Gasteiger charge is -2.47. The fourth-order valence-electron chi connectivity index (χ4n) is 2.26. The van der Waals surface area contributed by atoms with Crippen LogP contribution in [0.4, 0.5) is 0 Å². The molecule has 21 heavy (non-hydrogen) atoms. The molecule has 1 fully saturated rings. The molecule has 1 aromatic carbocycles. The maximum atomic E-state index is 12.2. The number of fused-ring (bicyclic) bond motifs is 1. The zero-order valence-corrected chi connectivity index (χ0v) is 12.6. The summed E-state index contributed by atoms with van der Waals surface area (Å²) < 4.78 is 5.25. The third-order valence-corrected chi connectivity index (χ3v) is 5.14. The standard InChI is InChI=1S/C14H13ClN2O3S/c15-9-7-21-13-10(16)12(18)17(13)11(9)14(19)20-6-8-4-2-1-3-5-8/h1-5,10,13H,6-7,16H2/t10?,13-/m1/s1. The average Bonchev–Trinajstić information content (AvgIpc) is 2.52. The molecule has 0 saturated carbocycles. The van der Waals surface area contributed by atoms with Gasteiger partial charge in [0.2, 0.25) is 5.91 Å². The Morgan fingerprint density at radius 1 is 1.43 bits per heavy atom. The molecule has 5 nitrogen and oxygen atoms in total. The van der Waals surface area contributed by atoms with Crippen molar-refractivity contribution in [2.24, 2.45) is 5.73 Å². The second-order valence-corrected chi connectivity index (χ2v) is 6.31. The predicted octanol–water partition coefficient (Wildman–Crippen LogP) is 1.42. The number of nitrogens with zero attached hydrogens (tertiary/aromatic N) is 1. The number of ether oxygens (including phenoxy) is 1. The number of hydrogen-bond acceptors (Lipinski definition) is 5. The lowest BCUT2D eigenvalue weighted by atomic mass is 10.1. The third kappa shape index (κ3) is 2.54. The molecule has 2 heterocycles. The molecule has 0 radical (unpaired) electrons. The Hall–Kier alpha value is -1.50. The minimum absolute atomic E-state index is 0.128. The summed E-state index contributed by atoms with van der Waals surface area (Å²) in [4.78, 5) is 25.4. The van der Waals surface area contributed by atoms with Crippen LogP contribution < -0.4 is 5.73 Å². The fourth-order valence-corrected chi connectivity index (χ4v) is 3.75. The Balaban J connectivity index is 1.73. The number of rotatable bonds is 3. The molecule has 3 rings (SSSR count). The van der Waals surface area contributed by atoms with E-state index in [0.29, 0.717) is 10.8 Å². The normalized spacial score (nSPS) is 24.5. The van der Waals surface area contributed by atoms with Crippen LogP contribution >= 0.6 is 23.4 Å². The smallest absolute Gasteiger partial charge is 0.356 e. The van der Waals surface area contributed by atoms with E-state index in [1.165, 1.54) is 16.7 Å². The molecule has 1 saturated heterocycles. The number of carbonyl (C=O) groups is 2. The zero-order valence-electron chi connectivity index (χ0n) is 11.0. The van der Waals surface area contributed by atoms with Gasteiger partial charge < -0.3 is 10.5 Å². The molecule has 0 bridgehead atoms. The number of hydrogen-bond donors (Lipinski definition) is 1. The van der Waals surface area contributed by atoms with Crippen molar-refractivity contribution >= 4 is 35.2 Å². The molecule has 2 aliphatic heterocycles. The van der Waals surface area contributed by atoms with Crippen molar-refractivity contribution in [1.82, 2.24) is 4.90 Å². The quantitative estimate of drug-likeness (QED) is 0.672. The van der Waals surface area contributed by atoms with Gasteiger partial charge in [-0.25, -0.2) is 4.79 Å². The highest BCUT2D eigenvalue weighted by molar-refractivity contribution is 8.00. The highest BCUT2D eigenvalue weighted by Crippen LogP contribution is 2.40. The summed E-state index contributed by atoms with van der Waals surface area (Å²) in [6.45, 7) is 0.138. The third-order valence-electron chi connectivity index (χ3n) is 3.37. The van der Waals surface area contributed by atoms with Crippen LogP contribution in [0, 0.1) is 0 Å². The molecule has 2 aliphatic rings. The van der Waals surface area contributed by atoms with Crippen LogP contribution in [0.3, 0.4) is 0 Å². The SMILES string of the molecule is NC1C(=O)N2C(C(=O)OCc3ccccc3)=C(Cl)CS[C@H]12. The van der Waals surface area contributed by atoms with Gasteiger partial charge in [0, 0.05) is 5.75 Å². The fraction of sp³-hybridized carbons (Fsp3) is 0.286. The minimum Gasteiger partial charge on any atom is -0.456 e. The van der Waals surface area contributed by atoms with Crippen molar-refractivity contribution in [2.75, 3.05) is 5.75 Å². The van der Waals surface area contributed by atoms with E-state index in [1.54, 1.807) is 0 Å².